The predicted molar refractivity (Wildman–Crippen MR) is 91.2 cm³/mol. The van der Waals surface area contributed by atoms with Gasteiger partial charge in [0.15, 0.2) is 5.69 Å². The average Bonchev–Trinajstić information content (AvgIpc) is 3.05. The number of nitrogens with one attached hydrogen (secondary N) is 1. The molecule has 2 N–H and O–H groups in total. The lowest BCUT2D eigenvalue weighted by atomic mass is 9.90. The lowest BCUT2D eigenvalue weighted by molar-refractivity contribution is 0.0692. The van der Waals surface area contributed by atoms with Gasteiger partial charge in [0.05, 0.1) is 5.52 Å². The maximum atomic E-state index is 14.5. The quantitative estimate of drug-likeness (QED) is 0.757. The molecule has 4 rings (SSSR count). The highest BCUT2D eigenvalue weighted by Gasteiger charge is 2.18. The molecule has 25 heavy (non-hydrogen) atoms. The van der Waals surface area contributed by atoms with Crippen molar-refractivity contribution in [2.24, 2.45) is 0 Å². The highest BCUT2D eigenvalue weighted by molar-refractivity contribution is 6.02. The van der Waals surface area contributed by atoms with Crippen molar-refractivity contribution in [1.82, 2.24) is 10.2 Å². The fourth-order valence-electron chi connectivity index (χ4n) is 3.39. The molecule has 1 aliphatic heterocycles. The minimum absolute atomic E-state index is 0.102. The summed E-state index contributed by atoms with van der Waals surface area (Å²) in [5.41, 5.74) is 2.58. The van der Waals surface area contributed by atoms with E-state index in [0.29, 0.717) is 27.9 Å². The number of halogens is 1. The van der Waals surface area contributed by atoms with Crippen LogP contribution < -0.4 is 0 Å². The average molecular weight is 340 g/mol. The summed E-state index contributed by atoms with van der Waals surface area (Å²) in [6.45, 7) is 1.55. The number of carboxylic acid groups (broad SMARTS) is 1. The van der Waals surface area contributed by atoms with Crippen LogP contribution in [0.25, 0.3) is 22.0 Å². The molecule has 2 heterocycles. The largest absolute Gasteiger partial charge is 0.476 e. The third-order valence-electron chi connectivity index (χ3n) is 4.77. The summed E-state index contributed by atoms with van der Waals surface area (Å²) in [7, 11) is 0. The molecule has 1 fully saturated rings. The number of carbonyl (C=O) groups is 1. The van der Waals surface area contributed by atoms with Crippen molar-refractivity contribution in [3.8, 4) is 11.1 Å². The van der Waals surface area contributed by atoms with Crippen LogP contribution in [0.1, 0.15) is 34.8 Å². The molecular weight excluding hydrogens is 323 g/mol. The molecule has 5 nitrogen and oxygen atoms in total. The van der Waals surface area contributed by atoms with E-state index in [4.69, 9.17) is 4.74 Å². The maximum absolute atomic E-state index is 14.5. The number of benzene rings is 2. The monoisotopic (exact) mass is 340 g/mol. The van der Waals surface area contributed by atoms with Gasteiger partial charge in [0.25, 0.3) is 0 Å². The van der Waals surface area contributed by atoms with E-state index in [1.807, 2.05) is 24.3 Å². The van der Waals surface area contributed by atoms with Crippen molar-refractivity contribution in [2.45, 2.75) is 18.8 Å². The van der Waals surface area contributed by atoms with E-state index < -0.39 is 11.8 Å². The van der Waals surface area contributed by atoms with Gasteiger partial charge in [-0.25, -0.2) is 9.18 Å². The number of nitrogens with zero attached hydrogens (tertiary/aromatic N) is 1. The van der Waals surface area contributed by atoms with Crippen molar-refractivity contribution in [3.05, 3.63) is 53.5 Å². The van der Waals surface area contributed by atoms with Crippen molar-refractivity contribution in [3.63, 3.8) is 0 Å². The molecule has 0 bridgehead atoms. The Kier molecular flexibility index (Phi) is 3.97. The van der Waals surface area contributed by atoms with Gasteiger partial charge in [0, 0.05) is 30.2 Å². The van der Waals surface area contributed by atoms with E-state index in [-0.39, 0.29) is 5.69 Å². The van der Waals surface area contributed by atoms with Gasteiger partial charge in [0.1, 0.15) is 5.82 Å². The molecule has 3 aromatic rings. The van der Waals surface area contributed by atoms with Crippen molar-refractivity contribution in [1.29, 1.82) is 0 Å². The Bertz CT molecular complexity index is 928. The fourth-order valence-corrected chi connectivity index (χ4v) is 3.39. The predicted octanol–water partition coefficient (Wildman–Crippen LogP) is 3.96. The van der Waals surface area contributed by atoms with Crippen LogP contribution in [-0.4, -0.2) is 34.5 Å². The first-order chi connectivity index (χ1) is 12.1. The van der Waals surface area contributed by atoms with Gasteiger partial charge >= 0.3 is 5.97 Å². The van der Waals surface area contributed by atoms with Gasteiger partial charge in [-0.05, 0) is 36.0 Å². The van der Waals surface area contributed by atoms with E-state index in [1.54, 1.807) is 6.07 Å². The number of rotatable bonds is 3. The highest BCUT2D eigenvalue weighted by Crippen LogP contribution is 2.32. The van der Waals surface area contributed by atoms with Crippen molar-refractivity contribution < 1.29 is 19.0 Å². The van der Waals surface area contributed by atoms with Crippen molar-refractivity contribution in [2.75, 3.05) is 13.2 Å². The Morgan fingerprint density at radius 2 is 1.92 bits per heavy atom. The number of hydrogen-bond donors (Lipinski definition) is 2. The fraction of sp³-hybridized carbons (Fsp3) is 0.263. The first-order valence-electron chi connectivity index (χ1n) is 8.22. The number of fused-ring (bicyclic) bond motifs is 1. The zero-order valence-corrected chi connectivity index (χ0v) is 13.5. The summed E-state index contributed by atoms with van der Waals surface area (Å²) in [5, 5.41) is 15.9. The van der Waals surface area contributed by atoms with E-state index in [2.05, 4.69) is 10.2 Å². The van der Waals surface area contributed by atoms with Gasteiger partial charge in [-0.1, -0.05) is 24.3 Å². The van der Waals surface area contributed by atoms with E-state index >= 15 is 0 Å². The van der Waals surface area contributed by atoms with Crippen LogP contribution >= 0.6 is 0 Å². The first-order valence-corrected chi connectivity index (χ1v) is 8.22. The topological polar surface area (TPSA) is 75.2 Å². The number of H-pyrrole nitrogens is 1. The van der Waals surface area contributed by atoms with E-state index in [0.717, 1.165) is 26.1 Å². The van der Waals surface area contributed by atoms with Gasteiger partial charge in [-0.3, -0.25) is 5.10 Å². The smallest absolute Gasteiger partial charge is 0.357 e. The molecule has 0 saturated carbocycles. The molecule has 6 heteroatoms. The first kappa shape index (κ1) is 15.8. The van der Waals surface area contributed by atoms with Crippen LogP contribution in [0.3, 0.4) is 0 Å². The minimum Gasteiger partial charge on any atom is -0.476 e. The molecule has 0 spiro atoms. The summed E-state index contributed by atoms with van der Waals surface area (Å²) in [6.07, 6.45) is 1.99. The normalized spacial score (nSPS) is 15.6. The standard InChI is InChI=1S/C19H17FN2O3/c20-16-10-17-15(18(19(23)24)22-21-17)9-14(16)13-3-1-11(2-4-13)12-5-7-25-8-6-12/h1-4,9-10,12H,5-8H2,(H,21,22)(H,23,24). The van der Waals surface area contributed by atoms with Crippen LogP contribution in [0.2, 0.25) is 0 Å². The molecule has 2 aromatic carbocycles. The molecule has 0 amide bonds. The summed E-state index contributed by atoms with van der Waals surface area (Å²) < 4.78 is 19.8. The zero-order chi connectivity index (χ0) is 17.4. The van der Waals surface area contributed by atoms with E-state index in [9.17, 15) is 14.3 Å². The Morgan fingerprint density at radius 3 is 2.60 bits per heavy atom. The number of carboxylic acids is 1. The molecule has 0 atom stereocenters. The molecule has 1 aliphatic rings. The Labute approximate surface area is 143 Å². The van der Waals surface area contributed by atoms with Gasteiger partial charge in [0.2, 0.25) is 0 Å². The minimum atomic E-state index is -1.14. The van der Waals surface area contributed by atoms with E-state index in [1.165, 1.54) is 11.6 Å². The number of aromatic nitrogens is 2. The second kappa shape index (κ2) is 6.29. The molecule has 1 aromatic heterocycles. The number of aromatic carboxylic acids is 1. The SMILES string of the molecule is O=C(O)c1n[nH]c2cc(F)c(-c3ccc(C4CCOCC4)cc3)cc12. The van der Waals surface area contributed by atoms with Crippen LogP contribution in [-0.2, 0) is 4.74 Å². The Balaban J connectivity index is 1.72. The van der Waals surface area contributed by atoms with Gasteiger partial charge in [-0.2, -0.15) is 5.10 Å². The third-order valence-corrected chi connectivity index (χ3v) is 4.77. The molecular formula is C19H17FN2O3. The summed E-state index contributed by atoms with van der Waals surface area (Å²) in [5.74, 6) is -1.08. The Hall–Kier alpha value is -2.73. The molecule has 1 saturated heterocycles. The lowest BCUT2D eigenvalue weighted by Crippen LogP contribution is -2.13. The van der Waals surface area contributed by atoms with Gasteiger partial charge < -0.3 is 9.84 Å². The number of hydrogen-bond acceptors (Lipinski definition) is 3. The maximum Gasteiger partial charge on any atom is 0.357 e. The van der Waals surface area contributed by atoms with Gasteiger partial charge in [-0.15, -0.1) is 0 Å². The molecule has 0 aliphatic carbocycles. The lowest BCUT2D eigenvalue weighted by Gasteiger charge is -2.22. The van der Waals surface area contributed by atoms with Crippen LogP contribution in [0.5, 0.6) is 0 Å². The number of ether oxygens (including phenoxy) is 1. The zero-order valence-electron chi connectivity index (χ0n) is 13.5. The summed E-state index contributed by atoms with van der Waals surface area (Å²) in [4.78, 5) is 11.2. The number of aromatic amines is 1. The Morgan fingerprint density at radius 1 is 1.20 bits per heavy atom. The van der Waals surface area contributed by atoms with Crippen LogP contribution in [0.15, 0.2) is 36.4 Å². The summed E-state index contributed by atoms with van der Waals surface area (Å²) >= 11 is 0. The van der Waals surface area contributed by atoms with Crippen molar-refractivity contribution >= 4 is 16.9 Å². The third kappa shape index (κ3) is 2.89. The second-order valence-electron chi connectivity index (χ2n) is 6.26. The highest BCUT2D eigenvalue weighted by atomic mass is 19.1. The summed E-state index contributed by atoms with van der Waals surface area (Å²) in [6, 6.07) is 10.6. The molecule has 128 valence electrons. The van der Waals surface area contributed by atoms with Crippen LogP contribution in [0, 0.1) is 5.82 Å². The second-order valence-corrected chi connectivity index (χ2v) is 6.26. The molecule has 0 radical (unpaired) electrons. The van der Waals surface area contributed by atoms with Crippen LogP contribution in [0.4, 0.5) is 4.39 Å². The molecule has 0 unspecified atom stereocenters.